The maximum atomic E-state index is 6.47. The monoisotopic (exact) mass is 851 g/mol. The van der Waals surface area contributed by atoms with Crippen molar-refractivity contribution < 1.29 is 24.5 Å². The number of benzene rings is 4. The van der Waals surface area contributed by atoms with Crippen LogP contribution in [-0.2, 0) is 32.9 Å². The molecule has 0 aliphatic rings. The van der Waals surface area contributed by atoms with E-state index in [1.54, 1.807) is 0 Å². The van der Waals surface area contributed by atoms with Crippen LogP contribution < -0.4 is 5.19 Å². The van der Waals surface area contributed by atoms with Gasteiger partial charge < -0.3 is 14.4 Å². The first kappa shape index (κ1) is 37.1. The molecule has 50 heavy (non-hydrogen) atoms. The second-order valence-corrected chi connectivity index (χ2v) is 19.8. The van der Waals surface area contributed by atoms with Crippen LogP contribution in [0.15, 0.2) is 120 Å². The number of pyridine rings is 2. The Hall–Kier alpha value is -4.15. The van der Waals surface area contributed by atoms with E-state index in [0.717, 1.165) is 68.4 Å². The molecule has 0 spiro atoms. The van der Waals surface area contributed by atoms with Crippen molar-refractivity contribution in [2.75, 3.05) is 0 Å². The predicted octanol–water partition coefficient (Wildman–Crippen LogP) is 11.6. The summed E-state index contributed by atoms with van der Waals surface area (Å²) in [5.41, 5.74) is 10.7. The first-order valence-electron chi connectivity index (χ1n) is 17.4. The van der Waals surface area contributed by atoms with Gasteiger partial charge in [-0.05, 0) is 52.9 Å². The van der Waals surface area contributed by atoms with Gasteiger partial charge in [-0.3, -0.25) is 0 Å². The van der Waals surface area contributed by atoms with Gasteiger partial charge in [-0.1, -0.05) is 130 Å². The molecule has 1 radical (unpaired) electrons. The fraction of sp³-hybridized carbons (Fsp3) is 0.244. The SMILES string of the molecule is CC(C)Cc1cc(-c2[c-]cccc2)ncc1[Si](C)(C)C.CC(C)Cc1ccnc(-c2[c-]ccc3c2oc2c(-c4ccccc4)cccc23)c1.[Ir]. The first-order valence-corrected chi connectivity index (χ1v) is 20.9. The Bertz CT molecular complexity index is 2170. The van der Waals surface area contributed by atoms with Crippen LogP contribution in [0.3, 0.4) is 0 Å². The number of para-hydroxylation sites is 1. The summed E-state index contributed by atoms with van der Waals surface area (Å²) in [4.78, 5) is 9.31. The van der Waals surface area contributed by atoms with Crippen molar-refractivity contribution in [2.24, 2.45) is 11.8 Å². The normalized spacial score (nSPS) is 11.5. The third-order valence-electron chi connectivity index (χ3n) is 8.68. The zero-order chi connectivity index (χ0) is 34.5. The number of rotatable bonds is 8. The molecular weight excluding hydrogens is 805 g/mol. The quantitative estimate of drug-likeness (QED) is 0.113. The fourth-order valence-corrected chi connectivity index (χ4v) is 8.08. The van der Waals surface area contributed by atoms with Crippen LogP contribution in [-0.4, -0.2) is 18.0 Å². The molecule has 0 aliphatic carbocycles. The van der Waals surface area contributed by atoms with Crippen LogP contribution in [0.5, 0.6) is 0 Å². The van der Waals surface area contributed by atoms with Gasteiger partial charge in [0, 0.05) is 43.4 Å². The Kier molecular flexibility index (Phi) is 12.1. The van der Waals surface area contributed by atoms with E-state index in [1.807, 2.05) is 36.5 Å². The van der Waals surface area contributed by atoms with E-state index in [1.165, 1.54) is 16.3 Å². The van der Waals surface area contributed by atoms with Gasteiger partial charge in [-0.2, -0.15) is 0 Å². The third-order valence-corrected chi connectivity index (χ3v) is 10.7. The molecule has 0 atom stereocenters. The smallest absolute Gasteiger partial charge is 0.128 e. The van der Waals surface area contributed by atoms with E-state index in [2.05, 4.69) is 148 Å². The first-order chi connectivity index (χ1) is 23.6. The Balaban J connectivity index is 0.000000204. The van der Waals surface area contributed by atoms with Crippen molar-refractivity contribution in [3.63, 3.8) is 0 Å². The molecule has 0 N–H and O–H groups in total. The van der Waals surface area contributed by atoms with Gasteiger partial charge in [0.15, 0.2) is 0 Å². The topological polar surface area (TPSA) is 38.9 Å². The summed E-state index contributed by atoms with van der Waals surface area (Å²) in [5, 5.41) is 3.71. The van der Waals surface area contributed by atoms with E-state index in [-0.39, 0.29) is 20.1 Å². The molecule has 0 saturated carbocycles. The summed E-state index contributed by atoms with van der Waals surface area (Å²) >= 11 is 0. The maximum absolute atomic E-state index is 6.47. The number of hydrogen-bond donors (Lipinski definition) is 0. The predicted molar refractivity (Wildman–Crippen MR) is 210 cm³/mol. The second-order valence-electron chi connectivity index (χ2n) is 14.7. The van der Waals surface area contributed by atoms with Crippen molar-refractivity contribution >= 4 is 35.2 Å². The molecule has 0 fully saturated rings. The molecule has 7 rings (SSSR count). The van der Waals surface area contributed by atoms with Gasteiger partial charge in [-0.25, -0.2) is 0 Å². The van der Waals surface area contributed by atoms with Crippen molar-refractivity contribution in [1.82, 2.24) is 9.97 Å². The molecular formula is C45H46IrN2OSi-2. The van der Waals surface area contributed by atoms with Crippen molar-refractivity contribution in [3.8, 4) is 33.6 Å². The molecule has 0 aliphatic heterocycles. The summed E-state index contributed by atoms with van der Waals surface area (Å²) in [6.45, 7) is 16.2. The molecule has 4 aromatic carbocycles. The van der Waals surface area contributed by atoms with Crippen LogP contribution in [0, 0.1) is 24.0 Å². The Labute approximate surface area is 312 Å². The van der Waals surface area contributed by atoms with Crippen molar-refractivity contribution in [1.29, 1.82) is 0 Å². The molecule has 7 aromatic rings. The molecule has 5 heteroatoms. The summed E-state index contributed by atoms with van der Waals surface area (Å²) in [5.74, 6) is 1.27. The average Bonchev–Trinajstić information content (AvgIpc) is 3.48. The average molecular weight is 851 g/mol. The van der Waals surface area contributed by atoms with Gasteiger partial charge in [0.2, 0.25) is 0 Å². The molecule has 257 valence electrons. The summed E-state index contributed by atoms with van der Waals surface area (Å²) in [6.07, 6.45) is 6.16. The largest absolute Gasteiger partial charge is 0.500 e. The standard InChI is InChI=1S/C27H22NO.C18H24NSi.Ir/c1-18(2)16-19-14-15-28-25(17-19)24-13-7-12-23-22-11-6-10-21(26(22)29-27(23)24)20-8-4-3-5-9-20;1-14(2)11-16-12-17(15-9-7-6-8-10-15)19-13-18(16)20(3,4)5;/h3-12,14-15,17-18H,16H2,1-2H3;6-9,12-14H,11H2,1-5H3;/q2*-1;. The van der Waals surface area contributed by atoms with Crippen molar-refractivity contribution in [3.05, 3.63) is 139 Å². The van der Waals surface area contributed by atoms with E-state index < -0.39 is 8.07 Å². The minimum Gasteiger partial charge on any atom is -0.500 e. The Morgan fingerprint density at radius 1 is 0.680 bits per heavy atom. The van der Waals surface area contributed by atoms with Crippen LogP contribution in [0.2, 0.25) is 19.6 Å². The van der Waals surface area contributed by atoms with Gasteiger partial charge in [0.05, 0.1) is 13.7 Å². The summed E-state index contributed by atoms with van der Waals surface area (Å²) in [6, 6.07) is 42.0. The van der Waals surface area contributed by atoms with Crippen LogP contribution >= 0.6 is 0 Å². The van der Waals surface area contributed by atoms with Crippen LogP contribution in [0.4, 0.5) is 0 Å². The van der Waals surface area contributed by atoms with Gasteiger partial charge in [0.1, 0.15) is 5.58 Å². The molecule has 0 saturated heterocycles. The Morgan fingerprint density at radius 2 is 1.42 bits per heavy atom. The molecule has 3 nitrogen and oxygen atoms in total. The van der Waals surface area contributed by atoms with Crippen LogP contribution in [0.25, 0.3) is 55.6 Å². The van der Waals surface area contributed by atoms with Crippen molar-refractivity contribution in [2.45, 2.75) is 60.2 Å². The minimum atomic E-state index is -1.34. The van der Waals surface area contributed by atoms with Crippen LogP contribution in [0.1, 0.15) is 38.8 Å². The number of nitrogens with zero attached hydrogens (tertiary/aromatic N) is 2. The molecule has 0 bridgehead atoms. The molecule has 3 heterocycles. The zero-order valence-corrected chi connectivity index (χ0v) is 33.6. The number of aromatic nitrogens is 2. The molecule has 0 amide bonds. The fourth-order valence-electron chi connectivity index (χ4n) is 6.49. The van der Waals surface area contributed by atoms with E-state index in [9.17, 15) is 0 Å². The number of fused-ring (bicyclic) bond motifs is 3. The van der Waals surface area contributed by atoms with E-state index >= 15 is 0 Å². The Morgan fingerprint density at radius 3 is 2.12 bits per heavy atom. The maximum Gasteiger partial charge on any atom is 0.128 e. The van der Waals surface area contributed by atoms with Gasteiger partial charge in [-0.15, -0.1) is 54.1 Å². The second kappa shape index (κ2) is 16.2. The number of furan rings is 1. The van der Waals surface area contributed by atoms with Gasteiger partial charge in [0.25, 0.3) is 0 Å². The van der Waals surface area contributed by atoms with E-state index in [0.29, 0.717) is 11.8 Å². The summed E-state index contributed by atoms with van der Waals surface area (Å²) in [7, 11) is -1.34. The molecule has 3 aromatic heterocycles. The van der Waals surface area contributed by atoms with Gasteiger partial charge >= 0.3 is 0 Å². The summed E-state index contributed by atoms with van der Waals surface area (Å²) < 4.78 is 6.47. The minimum absolute atomic E-state index is 0. The molecule has 0 unspecified atom stereocenters. The van der Waals surface area contributed by atoms with E-state index in [4.69, 9.17) is 4.42 Å². The third kappa shape index (κ3) is 8.58. The number of hydrogen-bond acceptors (Lipinski definition) is 3. The zero-order valence-electron chi connectivity index (χ0n) is 30.2.